The molecule has 8 nitrogen and oxygen atoms in total. The minimum atomic E-state index is -3.92. The van der Waals surface area contributed by atoms with E-state index in [0.717, 1.165) is 12.8 Å². The molecule has 180 valence electrons. The summed E-state index contributed by atoms with van der Waals surface area (Å²) in [7, 11) is -3.92. The van der Waals surface area contributed by atoms with Gasteiger partial charge < -0.3 is 15.0 Å². The highest BCUT2D eigenvalue weighted by atomic mass is 35.5. The second-order valence-electron chi connectivity index (χ2n) is 9.39. The number of nitrogens with zero attached hydrogens (tertiary/aromatic N) is 1. The summed E-state index contributed by atoms with van der Waals surface area (Å²) in [6.45, 7) is 9.70. The minimum Gasteiger partial charge on any atom is -0.376 e. The molecular formula is C22H34ClN3O5S. The molecule has 0 bridgehead atoms. The molecule has 0 saturated carbocycles. The minimum absolute atomic E-state index is 0.00580. The summed E-state index contributed by atoms with van der Waals surface area (Å²) in [5.41, 5.74) is -0.473. The van der Waals surface area contributed by atoms with Gasteiger partial charge in [0.25, 0.3) is 0 Å². The number of carbonyl (C=O) groups excluding carboxylic acids is 2. The van der Waals surface area contributed by atoms with E-state index in [-0.39, 0.29) is 29.4 Å². The molecule has 0 unspecified atom stereocenters. The lowest BCUT2D eigenvalue weighted by Gasteiger charge is -2.36. The Bertz CT molecular complexity index is 891. The van der Waals surface area contributed by atoms with E-state index in [0.29, 0.717) is 11.6 Å². The Labute approximate surface area is 196 Å². The monoisotopic (exact) mass is 487 g/mol. The van der Waals surface area contributed by atoms with Crippen LogP contribution in [0.4, 0.5) is 0 Å². The Morgan fingerprint density at radius 3 is 2.34 bits per heavy atom. The van der Waals surface area contributed by atoms with Crippen LogP contribution in [0.2, 0.25) is 5.02 Å². The normalized spacial score (nSPS) is 17.9. The van der Waals surface area contributed by atoms with Crippen molar-refractivity contribution in [3.63, 3.8) is 0 Å². The van der Waals surface area contributed by atoms with E-state index in [1.807, 2.05) is 34.6 Å². The highest BCUT2D eigenvalue weighted by molar-refractivity contribution is 7.89. The van der Waals surface area contributed by atoms with Crippen LogP contribution in [0.25, 0.3) is 0 Å². The van der Waals surface area contributed by atoms with Crippen LogP contribution in [0.1, 0.15) is 47.5 Å². The summed E-state index contributed by atoms with van der Waals surface area (Å²) >= 11 is 5.83. The van der Waals surface area contributed by atoms with E-state index in [1.54, 1.807) is 0 Å². The fourth-order valence-electron chi connectivity index (χ4n) is 3.58. The number of halogens is 1. The van der Waals surface area contributed by atoms with Crippen molar-refractivity contribution in [1.29, 1.82) is 0 Å². The number of ether oxygens (including phenoxy) is 1. The maximum atomic E-state index is 13.2. The standard InChI is InChI=1S/C22H34ClN3O5S/c1-15(2)20(21(28)25-22(3,4)5)26(14-17-7-6-12-31-17)19(27)13-24-32(29,30)18-10-8-16(23)9-11-18/h8-11,15,17,20,24H,6-7,12-14H2,1-5H3,(H,25,28)/t17-,20-/m0/s1. The van der Waals surface area contributed by atoms with Gasteiger partial charge in [0.2, 0.25) is 21.8 Å². The van der Waals surface area contributed by atoms with Gasteiger partial charge in [-0.05, 0) is 63.8 Å². The molecule has 1 heterocycles. The zero-order valence-electron chi connectivity index (χ0n) is 19.4. The molecule has 1 aliphatic rings. The van der Waals surface area contributed by atoms with E-state index in [4.69, 9.17) is 16.3 Å². The van der Waals surface area contributed by atoms with Crippen molar-refractivity contribution in [2.45, 2.75) is 70.0 Å². The van der Waals surface area contributed by atoms with Crippen LogP contribution < -0.4 is 10.0 Å². The number of benzene rings is 1. The average molecular weight is 488 g/mol. The van der Waals surface area contributed by atoms with Crippen LogP contribution in [0.15, 0.2) is 29.2 Å². The molecule has 2 amide bonds. The first-order valence-corrected chi connectivity index (χ1v) is 12.6. The van der Waals surface area contributed by atoms with Gasteiger partial charge in [0.1, 0.15) is 6.04 Å². The zero-order valence-corrected chi connectivity index (χ0v) is 20.9. The van der Waals surface area contributed by atoms with Gasteiger partial charge in [-0.1, -0.05) is 25.4 Å². The molecular weight excluding hydrogens is 454 g/mol. The zero-order chi connectivity index (χ0) is 24.1. The summed E-state index contributed by atoms with van der Waals surface area (Å²) < 4.78 is 33.3. The van der Waals surface area contributed by atoms with Crippen LogP contribution in [0.3, 0.4) is 0 Å². The molecule has 1 saturated heterocycles. The second-order valence-corrected chi connectivity index (χ2v) is 11.6. The predicted molar refractivity (Wildman–Crippen MR) is 124 cm³/mol. The van der Waals surface area contributed by atoms with Crippen LogP contribution >= 0.6 is 11.6 Å². The third-order valence-corrected chi connectivity index (χ3v) is 6.69. The molecule has 32 heavy (non-hydrogen) atoms. The highest BCUT2D eigenvalue weighted by Crippen LogP contribution is 2.20. The van der Waals surface area contributed by atoms with Gasteiger partial charge in [0.05, 0.1) is 17.5 Å². The van der Waals surface area contributed by atoms with Crippen molar-refractivity contribution < 1.29 is 22.7 Å². The molecule has 1 fully saturated rings. The van der Waals surface area contributed by atoms with Crippen LogP contribution in [0, 0.1) is 5.92 Å². The van der Waals surface area contributed by atoms with Gasteiger partial charge in [-0.25, -0.2) is 13.1 Å². The Morgan fingerprint density at radius 2 is 1.84 bits per heavy atom. The molecule has 1 aromatic rings. The number of nitrogens with one attached hydrogen (secondary N) is 2. The number of hydrogen-bond acceptors (Lipinski definition) is 5. The summed E-state index contributed by atoms with van der Waals surface area (Å²) in [4.78, 5) is 27.8. The first kappa shape index (κ1) is 26.6. The first-order chi connectivity index (χ1) is 14.8. The molecule has 2 atom stereocenters. The molecule has 10 heteroatoms. The van der Waals surface area contributed by atoms with E-state index in [1.165, 1.54) is 29.2 Å². The number of rotatable bonds is 9. The summed E-state index contributed by atoms with van der Waals surface area (Å²) in [6.07, 6.45) is 1.48. The largest absolute Gasteiger partial charge is 0.376 e. The average Bonchev–Trinajstić information content (AvgIpc) is 3.17. The molecule has 0 spiro atoms. The molecule has 1 aromatic carbocycles. The number of hydrogen-bond donors (Lipinski definition) is 2. The highest BCUT2D eigenvalue weighted by Gasteiger charge is 2.36. The Kier molecular flexibility index (Phi) is 9.10. The predicted octanol–water partition coefficient (Wildman–Crippen LogP) is 2.57. The molecule has 2 rings (SSSR count). The maximum Gasteiger partial charge on any atom is 0.243 e. The van der Waals surface area contributed by atoms with Crippen molar-refractivity contribution in [3.05, 3.63) is 29.3 Å². The van der Waals surface area contributed by atoms with Crippen molar-refractivity contribution in [1.82, 2.24) is 14.9 Å². The van der Waals surface area contributed by atoms with E-state index in [9.17, 15) is 18.0 Å². The molecule has 0 aliphatic carbocycles. The number of amides is 2. The smallest absolute Gasteiger partial charge is 0.243 e. The SMILES string of the molecule is CC(C)[C@@H](C(=O)NC(C)(C)C)N(C[C@@H]1CCCO1)C(=O)CNS(=O)(=O)c1ccc(Cl)cc1. The van der Waals surface area contributed by atoms with E-state index in [2.05, 4.69) is 10.0 Å². The molecule has 0 radical (unpaired) electrons. The maximum absolute atomic E-state index is 13.2. The lowest BCUT2D eigenvalue weighted by molar-refractivity contribution is -0.143. The Morgan fingerprint density at radius 1 is 1.22 bits per heavy atom. The van der Waals surface area contributed by atoms with Crippen molar-refractivity contribution >= 4 is 33.4 Å². The number of carbonyl (C=O) groups is 2. The molecule has 0 aromatic heterocycles. The topological polar surface area (TPSA) is 105 Å². The fraction of sp³-hybridized carbons (Fsp3) is 0.636. The third-order valence-electron chi connectivity index (χ3n) is 5.02. The van der Waals surface area contributed by atoms with Crippen LogP contribution in [0.5, 0.6) is 0 Å². The van der Waals surface area contributed by atoms with Crippen LogP contribution in [-0.2, 0) is 24.3 Å². The summed E-state index contributed by atoms with van der Waals surface area (Å²) in [5, 5.41) is 3.35. The molecule has 2 N–H and O–H groups in total. The van der Waals surface area contributed by atoms with Gasteiger partial charge in [0, 0.05) is 23.7 Å². The van der Waals surface area contributed by atoms with Gasteiger partial charge in [-0.3, -0.25) is 9.59 Å². The summed E-state index contributed by atoms with van der Waals surface area (Å²) in [5.74, 6) is -0.948. The fourth-order valence-corrected chi connectivity index (χ4v) is 4.68. The van der Waals surface area contributed by atoms with Gasteiger partial charge in [0.15, 0.2) is 0 Å². The summed E-state index contributed by atoms with van der Waals surface area (Å²) in [6, 6.07) is 4.91. The van der Waals surface area contributed by atoms with Crippen LogP contribution in [-0.4, -0.2) is 62.5 Å². The van der Waals surface area contributed by atoms with Gasteiger partial charge >= 0.3 is 0 Å². The lowest BCUT2D eigenvalue weighted by atomic mass is 9.98. The third kappa shape index (κ3) is 7.72. The van der Waals surface area contributed by atoms with Gasteiger partial charge in [-0.15, -0.1) is 0 Å². The van der Waals surface area contributed by atoms with Crippen molar-refractivity contribution in [3.8, 4) is 0 Å². The van der Waals surface area contributed by atoms with E-state index < -0.39 is 34.1 Å². The second kappa shape index (κ2) is 11.0. The number of sulfonamides is 1. The molecule has 1 aliphatic heterocycles. The Hall–Kier alpha value is -1.68. The van der Waals surface area contributed by atoms with E-state index >= 15 is 0 Å². The van der Waals surface area contributed by atoms with Crippen molar-refractivity contribution in [2.75, 3.05) is 19.7 Å². The first-order valence-electron chi connectivity index (χ1n) is 10.8. The van der Waals surface area contributed by atoms with Crippen molar-refractivity contribution in [2.24, 2.45) is 5.92 Å². The Balaban J connectivity index is 2.22. The quantitative estimate of drug-likeness (QED) is 0.557. The van der Waals surface area contributed by atoms with Gasteiger partial charge in [-0.2, -0.15) is 0 Å². The lowest BCUT2D eigenvalue weighted by Crippen LogP contribution is -2.58.